The highest BCUT2D eigenvalue weighted by Crippen LogP contribution is 2.49. The molecule has 1 aliphatic carbocycles. The molecule has 2 fully saturated rings. The summed E-state index contributed by atoms with van der Waals surface area (Å²) in [6, 6.07) is 11.7. The van der Waals surface area contributed by atoms with Gasteiger partial charge in [0.2, 0.25) is 0 Å². The number of nitrogens with two attached hydrogens (primary N) is 1. The molecule has 0 unspecified atom stereocenters. The standard InChI is InChI=1S/C16H24N2/c17-12-15-8-4-5-11-18(15)13-16(9-10-16)14-6-2-1-3-7-14/h1-3,6-7,15H,4-5,8-13,17H2/t15-/m1/s1. The number of piperidine rings is 1. The fraction of sp³-hybridized carbons (Fsp3) is 0.625. The number of rotatable bonds is 4. The quantitative estimate of drug-likeness (QED) is 0.882. The van der Waals surface area contributed by atoms with E-state index in [0.29, 0.717) is 11.5 Å². The van der Waals surface area contributed by atoms with Crippen molar-refractivity contribution in [1.82, 2.24) is 4.90 Å². The first-order valence-corrected chi connectivity index (χ1v) is 7.34. The van der Waals surface area contributed by atoms with E-state index in [0.717, 1.165) is 6.54 Å². The van der Waals surface area contributed by atoms with Crippen LogP contribution in [0.3, 0.4) is 0 Å². The molecule has 1 heterocycles. The fourth-order valence-corrected chi connectivity index (χ4v) is 3.40. The Kier molecular flexibility index (Phi) is 3.40. The molecule has 1 saturated heterocycles. The lowest BCUT2D eigenvalue weighted by atomic mass is 9.92. The highest BCUT2D eigenvalue weighted by atomic mass is 15.2. The number of hydrogen-bond donors (Lipinski definition) is 1. The number of likely N-dealkylation sites (tertiary alicyclic amines) is 1. The number of benzene rings is 1. The molecule has 18 heavy (non-hydrogen) atoms. The Morgan fingerprint density at radius 2 is 1.94 bits per heavy atom. The third-order valence-electron chi connectivity index (χ3n) is 4.77. The van der Waals surface area contributed by atoms with Gasteiger partial charge in [-0.3, -0.25) is 4.90 Å². The Labute approximate surface area is 110 Å². The molecular weight excluding hydrogens is 220 g/mol. The van der Waals surface area contributed by atoms with Gasteiger partial charge in [-0.15, -0.1) is 0 Å². The lowest BCUT2D eigenvalue weighted by Crippen LogP contribution is -2.47. The first-order valence-electron chi connectivity index (χ1n) is 7.34. The van der Waals surface area contributed by atoms with E-state index in [4.69, 9.17) is 5.73 Å². The molecule has 2 N–H and O–H groups in total. The van der Waals surface area contributed by atoms with E-state index in [1.807, 2.05) is 0 Å². The van der Waals surface area contributed by atoms with Crippen LogP contribution in [0, 0.1) is 0 Å². The van der Waals surface area contributed by atoms with Crippen LogP contribution in [-0.4, -0.2) is 30.6 Å². The van der Waals surface area contributed by atoms with Crippen molar-refractivity contribution in [3.63, 3.8) is 0 Å². The molecule has 0 radical (unpaired) electrons. The van der Waals surface area contributed by atoms with Crippen LogP contribution in [0.1, 0.15) is 37.7 Å². The van der Waals surface area contributed by atoms with Crippen LogP contribution in [0.4, 0.5) is 0 Å². The average molecular weight is 244 g/mol. The maximum atomic E-state index is 5.93. The van der Waals surface area contributed by atoms with Gasteiger partial charge in [-0.2, -0.15) is 0 Å². The fourth-order valence-electron chi connectivity index (χ4n) is 3.40. The zero-order valence-electron chi connectivity index (χ0n) is 11.1. The van der Waals surface area contributed by atoms with Gasteiger partial charge in [0.1, 0.15) is 0 Å². The highest BCUT2D eigenvalue weighted by Gasteiger charge is 2.46. The van der Waals surface area contributed by atoms with E-state index in [-0.39, 0.29) is 0 Å². The molecule has 98 valence electrons. The maximum Gasteiger partial charge on any atom is 0.0218 e. The topological polar surface area (TPSA) is 29.3 Å². The minimum atomic E-state index is 0.450. The summed E-state index contributed by atoms with van der Waals surface area (Å²) in [6.07, 6.45) is 6.70. The molecule has 1 aromatic carbocycles. The first-order chi connectivity index (χ1) is 8.84. The van der Waals surface area contributed by atoms with Crippen LogP contribution < -0.4 is 5.73 Å². The molecule has 1 saturated carbocycles. The summed E-state index contributed by atoms with van der Waals surface area (Å²) < 4.78 is 0. The maximum absolute atomic E-state index is 5.93. The molecule has 3 rings (SSSR count). The summed E-state index contributed by atoms with van der Waals surface area (Å²) in [7, 11) is 0. The Hall–Kier alpha value is -0.860. The molecule has 2 aliphatic rings. The van der Waals surface area contributed by atoms with Gasteiger partial charge in [-0.1, -0.05) is 36.8 Å². The van der Waals surface area contributed by atoms with Gasteiger partial charge in [0.05, 0.1) is 0 Å². The number of nitrogens with zero attached hydrogens (tertiary/aromatic N) is 1. The van der Waals surface area contributed by atoms with Crippen molar-refractivity contribution < 1.29 is 0 Å². The molecule has 0 aromatic heterocycles. The average Bonchev–Trinajstić information content (AvgIpc) is 3.21. The van der Waals surface area contributed by atoms with E-state index in [2.05, 4.69) is 35.2 Å². The first kappa shape index (κ1) is 12.2. The predicted molar refractivity (Wildman–Crippen MR) is 75.6 cm³/mol. The lowest BCUT2D eigenvalue weighted by molar-refractivity contribution is 0.139. The van der Waals surface area contributed by atoms with Crippen molar-refractivity contribution in [2.24, 2.45) is 5.73 Å². The minimum absolute atomic E-state index is 0.450. The zero-order chi connectivity index (χ0) is 12.4. The third kappa shape index (κ3) is 2.32. The van der Waals surface area contributed by atoms with Crippen LogP contribution in [0.2, 0.25) is 0 Å². The van der Waals surface area contributed by atoms with Crippen LogP contribution >= 0.6 is 0 Å². The van der Waals surface area contributed by atoms with Gasteiger partial charge in [0.15, 0.2) is 0 Å². The summed E-state index contributed by atoms with van der Waals surface area (Å²) in [5.74, 6) is 0. The summed E-state index contributed by atoms with van der Waals surface area (Å²) in [6.45, 7) is 3.29. The van der Waals surface area contributed by atoms with Crippen LogP contribution in [0.15, 0.2) is 30.3 Å². The molecule has 0 amide bonds. The van der Waals surface area contributed by atoms with Gasteiger partial charge in [0, 0.05) is 24.5 Å². The highest BCUT2D eigenvalue weighted by molar-refractivity contribution is 5.31. The molecule has 2 nitrogen and oxygen atoms in total. The SMILES string of the molecule is NC[C@H]1CCCCN1CC1(c2ccccc2)CC1. The van der Waals surface area contributed by atoms with Gasteiger partial charge >= 0.3 is 0 Å². The van der Waals surface area contributed by atoms with Crippen molar-refractivity contribution in [3.8, 4) is 0 Å². The van der Waals surface area contributed by atoms with Crippen molar-refractivity contribution in [1.29, 1.82) is 0 Å². The summed E-state index contributed by atoms with van der Waals surface area (Å²) in [5.41, 5.74) is 7.91. The Morgan fingerprint density at radius 1 is 1.17 bits per heavy atom. The Bertz CT molecular complexity index is 383. The molecular formula is C16H24N2. The largest absolute Gasteiger partial charge is 0.329 e. The van der Waals surface area contributed by atoms with E-state index in [1.54, 1.807) is 0 Å². The van der Waals surface area contributed by atoms with Crippen molar-refractivity contribution >= 4 is 0 Å². The predicted octanol–water partition coefficient (Wildman–Crippen LogP) is 2.53. The van der Waals surface area contributed by atoms with Gasteiger partial charge in [-0.05, 0) is 37.8 Å². The van der Waals surface area contributed by atoms with Crippen LogP contribution in [-0.2, 0) is 5.41 Å². The van der Waals surface area contributed by atoms with E-state index >= 15 is 0 Å². The molecule has 1 aromatic rings. The number of hydrogen-bond acceptors (Lipinski definition) is 2. The molecule has 2 heteroatoms. The monoisotopic (exact) mass is 244 g/mol. The summed E-state index contributed by atoms with van der Waals surface area (Å²) in [5, 5.41) is 0. The normalized spacial score (nSPS) is 27.1. The third-order valence-corrected chi connectivity index (χ3v) is 4.77. The second-order valence-corrected chi connectivity index (χ2v) is 6.00. The van der Waals surface area contributed by atoms with Crippen molar-refractivity contribution in [3.05, 3.63) is 35.9 Å². The van der Waals surface area contributed by atoms with Crippen LogP contribution in [0.5, 0.6) is 0 Å². The molecule has 1 aliphatic heterocycles. The second kappa shape index (κ2) is 5.02. The van der Waals surface area contributed by atoms with E-state index in [9.17, 15) is 0 Å². The van der Waals surface area contributed by atoms with Gasteiger partial charge in [-0.25, -0.2) is 0 Å². The molecule has 0 spiro atoms. The van der Waals surface area contributed by atoms with Gasteiger partial charge < -0.3 is 5.73 Å². The smallest absolute Gasteiger partial charge is 0.0218 e. The van der Waals surface area contributed by atoms with E-state index < -0.39 is 0 Å². The lowest BCUT2D eigenvalue weighted by Gasteiger charge is -2.37. The van der Waals surface area contributed by atoms with Crippen molar-refractivity contribution in [2.45, 2.75) is 43.6 Å². The van der Waals surface area contributed by atoms with Gasteiger partial charge in [0.25, 0.3) is 0 Å². The molecule has 1 atom stereocenters. The molecule has 0 bridgehead atoms. The Morgan fingerprint density at radius 3 is 2.61 bits per heavy atom. The zero-order valence-corrected chi connectivity index (χ0v) is 11.1. The summed E-state index contributed by atoms with van der Waals surface area (Å²) in [4.78, 5) is 2.66. The van der Waals surface area contributed by atoms with Crippen molar-refractivity contribution in [2.75, 3.05) is 19.6 Å². The Balaban J connectivity index is 1.72. The van der Waals surface area contributed by atoms with Crippen LogP contribution in [0.25, 0.3) is 0 Å². The van der Waals surface area contributed by atoms with E-state index in [1.165, 1.54) is 50.8 Å². The summed E-state index contributed by atoms with van der Waals surface area (Å²) >= 11 is 0. The second-order valence-electron chi connectivity index (χ2n) is 6.00. The minimum Gasteiger partial charge on any atom is -0.329 e.